The van der Waals surface area contributed by atoms with Crippen LogP contribution in [0.2, 0.25) is 5.02 Å². The lowest BCUT2D eigenvalue weighted by Gasteiger charge is -2.32. The van der Waals surface area contributed by atoms with Gasteiger partial charge >= 0.3 is 0 Å². The molecule has 2 aromatic rings. The van der Waals surface area contributed by atoms with Gasteiger partial charge in [-0.2, -0.15) is 0 Å². The molecule has 1 fully saturated rings. The third-order valence-corrected chi connectivity index (χ3v) is 4.88. The van der Waals surface area contributed by atoms with Crippen molar-refractivity contribution in [3.05, 3.63) is 64.7 Å². The number of nitrogens with one attached hydrogen (secondary N) is 1. The Balaban J connectivity index is 1.66. The molecule has 4 heteroatoms. The zero-order valence-electron chi connectivity index (χ0n) is 14.0. The molecule has 0 unspecified atom stereocenters. The van der Waals surface area contributed by atoms with Gasteiger partial charge in [0.15, 0.2) is 0 Å². The molecule has 0 radical (unpaired) electrons. The van der Waals surface area contributed by atoms with Crippen molar-refractivity contribution >= 4 is 23.2 Å². The highest BCUT2D eigenvalue weighted by molar-refractivity contribution is 6.30. The van der Waals surface area contributed by atoms with Crippen molar-refractivity contribution in [2.45, 2.75) is 32.2 Å². The summed E-state index contributed by atoms with van der Waals surface area (Å²) < 4.78 is 0. The van der Waals surface area contributed by atoms with E-state index >= 15 is 0 Å². The number of rotatable bonds is 4. The first kappa shape index (κ1) is 16.8. The number of benzene rings is 2. The van der Waals surface area contributed by atoms with Gasteiger partial charge in [0.1, 0.15) is 0 Å². The van der Waals surface area contributed by atoms with Crippen LogP contribution < -0.4 is 5.32 Å². The van der Waals surface area contributed by atoms with Gasteiger partial charge in [0.05, 0.1) is 0 Å². The third-order valence-electron chi connectivity index (χ3n) is 4.63. The van der Waals surface area contributed by atoms with E-state index in [4.69, 9.17) is 11.6 Å². The molecule has 1 aliphatic rings. The molecule has 1 aliphatic heterocycles. The molecule has 126 valence electrons. The zero-order chi connectivity index (χ0) is 16.9. The van der Waals surface area contributed by atoms with E-state index in [1.165, 1.54) is 16.8 Å². The number of carbonyl (C=O) groups is 1. The maximum Gasteiger partial charge on any atom is 0.219 e. The molecule has 3 rings (SSSR count). The molecule has 1 N–H and O–H groups in total. The highest BCUT2D eigenvalue weighted by atomic mass is 35.5. The second-order valence-electron chi connectivity index (χ2n) is 6.39. The van der Waals surface area contributed by atoms with Crippen molar-refractivity contribution in [3.63, 3.8) is 0 Å². The van der Waals surface area contributed by atoms with Gasteiger partial charge in [-0.05, 0) is 48.6 Å². The molecule has 2 aromatic carbocycles. The van der Waals surface area contributed by atoms with Gasteiger partial charge in [-0.25, -0.2) is 0 Å². The Morgan fingerprint density at radius 3 is 2.46 bits per heavy atom. The van der Waals surface area contributed by atoms with Crippen molar-refractivity contribution in [2.24, 2.45) is 0 Å². The summed E-state index contributed by atoms with van der Waals surface area (Å²) in [5.74, 6) is 0.177. The van der Waals surface area contributed by atoms with Crippen molar-refractivity contribution < 1.29 is 4.79 Å². The summed E-state index contributed by atoms with van der Waals surface area (Å²) in [5, 5.41) is 4.44. The lowest BCUT2D eigenvalue weighted by atomic mass is 10.0. The van der Waals surface area contributed by atoms with Gasteiger partial charge in [0.25, 0.3) is 0 Å². The summed E-state index contributed by atoms with van der Waals surface area (Å²) in [4.78, 5) is 13.4. The lowest BCUT2D eigenvalue weighted by molar-refractivity contribution is -0.129. The Morgan fingerprint density at radius 1 is 1.12 bits per heavy atom. The van der Waals surface area contributed by atoms with E-state index < -0.39 is 0 Å². The molecule has 1 amide bonds. The fraction of sp³-hybridized carbons (Fsp3) is 0.350. The Kier molecular flexibility index (Phi) is 5.41. The van der Waals surface area contributed by atoms with Crippen LogP contribution in [0.15, 0.2) is 48.5 Å². The summed E-state index contributed by atoms with van der Waals surface area (Å²) in [5.41, 5.74) is 3.72. The first-order valence-corrected chi connectivity index (χ1v) is 8.84. The minimum Gasteiger partial charge on any atom is -0.382 e. The van der Waals surface area contributed by atoms with Crippen LogP contribution in [0.3, 0.4) is 0 Å². The predicted molar refractivity (Wildman–Crippen MR) is 99.6 cm³/mol. The van der Waals surface area contributed by atoms with Crippen molar-refractivity contribution in [1.29, 1.82) is 0 Å². The summed E-state index contributed by atoms with van der Waals surface area (Å²) in [6, 6.07) is 16.9. The SMILES string of the molecule is CC(=O)N1CCC(Nc2ccccc2Cc2ccc(Cl)cc2)CC1. The van der Waals surface area contributed by atoms with Crippen LogP contribution in [0.25, 0.3) is 0 Å². The fourth-order valence-corrected chi connectivity index (χ4v) is 3.32. The van der Waals surface area contributed by atoms with Crippen LogP contribution in [0.4, 0.5) is 5.69 Å². The van der Waals surface area contributed by atoms with Gasteiger partial charge in [-0.15, -0.1) is 0 Å². The average Bonchev–Trinajstić information content (AvgIpc) is 2.59. The van der Waals surface area contributed by atoms with E-state index in [1.807, 2.05) is 17.0 Å². The van der Waals surface area contributed by atoms with Gasteiger partial charge < -0.3 is 10.2 Å². The molecule has 0 aliphatic carbocycles. The molecular formula is C20H23ClN2O. The van der Waals surface area contributed by atoms with Crippen LogP contribution in [-0.4, -0.2) is 29.9 Å². The van der Waals surface area contributed by atoms with E-state index in [9.17, 15) is 4.79 Å². The monoisotopic (exact) mass is 342 g/mol. The molecule has 0 spiro atoms. The Bertz CT molecular complexity index is 691. The van der Waals surface area contributed by atoms with E-state index in [0.29, 0.717) is 6.04 Å². The first-order chi connectivity index (χ1) is 11.6. The highest BCUT2D eigenvalue weighted by Gasteiger charge is 2.21. The van der Waals surface area contributed by atoms with Crippen molar-refractivity contribution in [1.82, 2.24) is 4.90 Å². The molecule has 24 heavy (non-hydrogen) atoms. The maximum absolute atomic E-state index is 11.4. The summed E-state index contributed by atoms with van der Waals surface area (Å²) in [6.45, 7) is 3.33. The molecule has 3 nitrogen and oxygen atoms in total. The van der Waals surface area contributed by atoms with Crippen LogP contribution in [0.1, 0.15) is 30.9 Å². The van der Waals surface area contributed by atoms with E-state index in [0.717, 1.165) is 37.4 Å². The zero-order valence-corrected chi connectivity index (χ0v) is 14.7. The summed E-state index contributed by atoms with van der Waals surface area (Å²) >= 11 is 5.97. The van der Waals surface area contributed by atoms with Gasteiger partial charge in [0.2, 0.25) is 5.91 Å². The van der Waals surface area contributed by atoms with E-state index in [2.05, 4.69) is 41.7 Å². The third kappa shape index (κ3) is 4.30. The quantitative estimate of drug-likeness (QED) is 0.895. The number of carbonyl (C=O) groups excluding carboxylic acids is 1. The van der Waals surface area contributed by atoms with Crippen LogP contribution in [0.5, 0.6) is 0 Å². The number of hydrogen-bond acceptors (Lipinski definition) is 2. The second-order valence-corrected chi connectivity index (χ2v) is 6.82. The van der Waals surface area contributed by atoms with Gasteiger partial charge in [0, 0.05) is 36.8 Å². The molecule has 0 bridgehead atoms. The van der Waals surface area contributed by atoms with Crippen molar-refractivity contribution in [3.8, 4) is 0 Å². The van der Waals surface area contributed by atoms with Crippen LogP contribution in [0, 0.1) is 0 Å². The predicted octanol–water partition coefficient (Wildman–Crippen LogP) is 4.35. The standard InChI is InChI=1S/C20H23ClN2O/c1-15(24)23-12-10-19(11-13-23)22-20-5-3-2-4-17(20)14-16-6-8-18(21)9-7-16/h2-9,19,22H,10-14H2,1H3. The largest absolute Gasteiger partial charge is 0.382 e. The number of likely N-dealkylation sites (tertiary alicyclic amines) is 1. The van der Waals surface area contributed by atoms with E-state index in [-0.39, 0.29) is 5.91 Å². The molecule has 1 saturated heterocycles. The Morgan fingerprint density at radius 2 is 1.79 bits per heavy atom. The summed E-state index contributed by atoms with van der Waals surface area (Å²) in [6.07, 6.45) is 2.87. The lowest BCUT2D eigenvalue weighted by Crippen LogP contribution is -2.41. The number of anilines is 1. The number of amides is 1. The number of halogens is 1. The Labute approximate surface area is 148 Å². The number of para-hydroxylation sites is 1. The minimum atomic E-state index is 0.177. The normalized spacial score (nSPS) is 15.3. The van der Waals surface area contributed by atoms with Crippen molar-refractivity contribution in [2.75, 3.05) is 18.4 Å². The fourth-order valence-electron chi connectivity index (χ4n) is 3.20. The maximum atomic E-state index is 11.4. The number of piperidine rings is 1. The topological polar surface area (TPSA) is 32.3 Å². The number of hydrogen-bond donors (Lipinski definition) is 1. The molecule has 0 aromatic heterocycles. The smallest absolute Gasteiger partial charge is 0.219 e. The van der Waals surface area contributed by atoms with Crippen LogP contribution in [-0.2, 0) is 11.2 Å². The molecule has 0 atom stereocenters. The van der Waals surface area contributed by atoms with Gasteiger partial charge in [-0.1, -0.05) is 41.9 Å². The van der Waals surface area contributed by atoms with E-state index in [1.54, 1.807) is 6.92 Å². The average molecular weight is 343 g/mol. The highest BCUT2D eigenvalue weighted by Crippen LogP contribution is 2.23. The molecule has 0 saturated carbocycles. The van der Waals surface area contributed by atoms with Crippen LogP contribution >= 0.6 is 11.6 Å². The minimum absolute atomic E-state index is 0.177. The Hall–Kier alpha value is -2.00. The number of nitrogens with zero attached hydrogens (tertiary/aromatic N) is 1. The van der Waals surface area contributed by atoms with Gasteiger partial charge in [-0.3, -0.25) is 4.79 Å². The molecular weight excluding hydrogens is 320 g/mol. The summed E-state index contributed by atoms with van der Waals surface area (Å²) in [7, 11) is 0. The first-order valence-electron chi connectivity index (χ1n) is 8.46. The molecule has 1 heterocycles. The second kappa shape index (κ2) is 7.71.